The van der Waals surface area contributed by atoms with Crippen molar-refractivity contribution in [2.45, 2.75) is 12.5 Å². The van der Waals surface area contributed by atoms with E-state index in [4.69, 9.17) is 14.6 Å². The third kappa shape index (κ3) is 3.38. The highest BCUT2D eigenvalue weighted by Crippen LogP contribution is 2.39. The largest absolute Gasteiger partial charge is 0.493 e. The first kappa shape index (κ1) is 17.2. The molecule has 3 aromatic rings. The molecule has 0 unspecified atom stereocenters. The van der Waals surface area contributed by atoms with E-state index >= 15 is 0 Å². The Morgan fingerprint density at radius 3 is 2.15 bits per heavy atom. The number of benzene rings is 3. The summed E-state index contributed by atoms with van der Waals surface area (Å²) in [5, 5.41) is 7.06. The van der Waals surface area contributed by atoms with Gasteiger partial charge in [0.25, 0.3) is 0 Å². The maximum Gasteiger partial charge on any atom is 0.161 e. The number of ether oxygens (including phenoxy) is 2. The molecule has 136 valence electrons. The van der Waals surface area contributed by atoms with E-state index in [-0.39, 0.29) is 6.04 Å². The van der Waals surface area contributed by atoms with Crippen LogP contribution in [0, 0.1) is 0 Å². The van der Waals surface area contributed by atoms with Gasteiger partial charge in [0, 0.05) is 6.42 Å². The molecule has 0 fully saturated rings. The fourth-order valence-corrected chi connectivity index (χ4v) is 3.45. The van der Waals surface area contributed by atoms with Gasteiger partial charge in [-0.25, -0.2) is 0 Å². The number of methoxy groups -OCH3 is 2. The molecule has 4 nitrogen and oxygen atoms in total. The van der Waals surface area contributed by atoms with Crippen molar-refractivity contribution in [3.05, 3.63) is 90.0 Å². The van der Waals surface area contributed by atoms with E-state index in [0.717, 1.165) is 40.4 Å². The van der Waals surface area contributed by atoms with Crippen molar-refractivity contribution >= 4 is 11.4 Å². The van der Waals surface area contributed by atoms with E-state index in [9.17, 15) is 0 Å². The molecule has 4 rings (SSSR count). The van der Waals surface area contributed by atoms with Crippen LogP contribution >= 0.6 is 0 Å². The first-order chi connectivity index (χ1) is 13.3. The minimum atomic E-state index is 0.0995. The highest BCUT2D eigenvalue weighted by molar-refractivity contribution is 6.03. The molecule has 1 aliphatic rings. The smallest absolute Gasteiger partial charge is 0.161 e. The van der Waals surface area contributed by atoms with Crippen LogP contribution in [0.5, 0.6) is 11.5 Å². The van der Waals surface area contributed by atoms with Crippen molar-refractivity contribution < 1.29 is 9.47 Å². The monoisotopic (exact) mass is 358 g/mol. The Balaban J connectivity index is 1.75. The van der Waals surface area contributed by atoms with Crippen LogP contribution in [0.4, 0.5) is 5.69 Å². The molecule has 0 bridgehead atoms. The second-order valence-corrected chi connectivity index (χ2v) is 6.43. The van der Waals surface area contributed by atoms with Crippen molar-refractivity contribution in [3.63, 3.8) is 0 Å². The van der Waals surface area contributed by atoms with Crippen LogP contribution in [0.25, 0.3) is 0 Å². The molecule has 4 heteroatoms. The van der Waals surface area contributed by atoms with Gasteiger partial charge in [0.05, 0.1) is 31.7 Å². The maximum atomic E-state index is 5.51. The van der Waals surface area contributed by atoms with E-state index in [1.165, 1.54) is 0 Å². The Kier molecular flexibility index (Phi) is 4.79. The van der Waals surface area contributed by atoms with Gasteiger partial charge in [-0.2, -0.15) is 5.10 Å². The lowest BCUT2D eigenvalue weighted by molar-refractivity contribution is 0.354. The van der Waals surface area contributed by atoms with E-state index in [0.29, 0.717) is 0 Å². The minimum absolute atomic E-state index is 0.0995. The topological polar surface area (TPSA) is 34.1 Å². The summed E-state index contributed by atoms with van der Waals surface area (Å²) < 4.78 is 10.9. The highest BCUT2D eigenvalue weighted by Gasteiger charge is 2.30. The summed E-state index contributed by atoms with van der Waals surface area (Å²) in [6.07, 6.45) is 0.828. The summed E-state index contributed by atoms with van der Waals surface area (Å²) in [6.45, 7) is 0. The Hall–Kier alpha value is -3.27. The molecule has 3 aromatic carbocycles. The van der Waals surface area contributed by atoms with Crippen LogP contribution in [0.2, 0.25) is 0 Å². The van der Waals surface area contributed by atoms with Gasteiger partial charge in [0.2, 0.25) is 0 Å². The van der Waals surface area contributed by atoms with E-state index in [1.54, 1.807) is 14.2 Å². The van der Waals surface area contributed by atoms with Gasteiger partial charge in [-0.3, -0.25) is 5.01 Å². The first-order valence-electron chi connectivity index (χ1n) is 8.99. The van der Waals surface area contributed by atoms with E-state index in [2.05, 4.69) is 47.5 Å². The second-order valence-electron chi connectivity index (χ2n) is 6.43. The maximum absolute atomic E-state index is 5.51. The van der Waals surface area contributed by atoms with Crippen LogP contribution in [-0.2, 0) is 0 Å². The van der Waals surface area contributed by atoms with E-state index < -0.39 is 0 Å². The van der Waals surface area contributed by atoms with Crippen LogP contribution in [0.15, 0.2) is 84.0 Å². The zero-order valence-electron chi connectivity index (χ0n) is 15.5. The minimum Gasteiger partial charge on any atom is -0.493 e. The summed E-state index contributed by atoms with van der Waals surface area (Å²) >= 11 is 0. The van der Waals surface area contributed by atoms with Gasteiger partial charge in [-0.05, 0) is 35.4 Å². The van der Waals surface area contributed by atoms with Crippen molar-refractivity contribution in [1.82, 2.24) is 0 Å². The number of hydrazone groups is 1. The van der Waals surface area contributed by atoms with E-state index in [1.807, 2.05) is 36.4 Å². The van der Waals surface area contributed by atoms with Gasteiger partial charge in [0.15, 0.2) is 11.5 Å². The van der Waals surface area contributed by atoms with Gasteiger partial charge < -0.3 is 9.47 Å². The lowest BCUT2D eigenvalue weighted by atomic mass is 9.98. The van der Waals surface area contributed by atoms with Crippen molar-refractivity contribution in [2.24, 2.45) is 5.10 Å². The third-order valence-electron chi connectivity index (χ3n) is 4.83. The average molecular weight is 358 g/mol. The van der Waals surface area contributed by atoms with Gasteiger partial charge in [-0.15, -0.1) is 0 Å². The summed E-state index contributed by atoms with van der Waals surface area (Å²) in [5.74, 6) is 1.46. The molecule has 0 aromatic heterocycles. The van der Waals surface area contributed by atoms with Crippen LogP contribution in [0.3, 0.4) is 0 Å². The molecule has 1 atom stereocenters. The summed E-state index contributed by atoms with van der Waals surface area (Å²) in [6, 6.07) is 26.8. The molecule has 0 amide bonds. The molecule has 0 aliphatic carbocycles. The van der Waals surface area contributed by atoms with Crippen molar-refractivity contribution in [3.8, 4) is 11.5 Å². The SMILES string of the molecule is COc1ccc([C@H]2CC(c3ccccc3)=NN2c2ccccc2)cc1OC. The number of para-hydroxylation sites is 1. The first-order valence-corrected chi connectivity index (χ1v) is 8.99. The quantitative estimate of drug-likeness (QED) is 0.639. The molecule has 0 N–H and O–H groups in total. The van der Waals surface area contributed by atoms with Crippen LogP contribution in [0.1, 0.15) is 23.6 Å². The Morgan fingerprint density at radius 1 is 0.815 bits per heavy atom. The predicted octanol–water partition coefficient (Wildman–Crippen LogP) is 5.06. The number of nitrogens with zero attached hydrogens (tertiary/aromatic N) is 2. The molecule has 0 spiro atoms. The van der Waals surface area contributed by atoms with Crippen LogP contribution in [-0.4, -0.2) is 19.9 Å². The molecule has 1 heterocycles. The second kappa shape index (κ2) is 7.54. The van der Waals surface area contributed by atoms with Crippen molar-refractivity contribution in [2.75, 3.05) is 19.2 Å². The Bertz CT molecular complexity index is 939. The molecule has 0 radical (unpaired) electrons. The summed E-state index contributed by atoms with van der Waals surface area (Å²) in [4.78, 5) is 0. The molecular formula is C23H22N2O2. The summed E-state index contributed by atoms with van der Waals surface area (Å²) in [7, 11) is 3.32. The van der Waals surface area contributed by atoms with Gasteiger partial charge >= 0.3 is 0 Å². The lowest BCUT2D eigenvalue weighted by Gasteiger charge is -2.24. The molecule has 0 saturated carbocycles. The fraction of sp³-hybridized carbons (Fsp3) is 0.174. The molecule has 1 aliphatic heterocycles. The number of hydrogen-bond donors (Lipinski definition) is 0. The normalized spacial score (nSPS) is 16.1. The fourth-order valence-electron chi connectivity index (χ4n) is 3.45. The van der Waals surface area contributed by atoms with Gasteiger partial charge in [0.1, 0.15) is 0 Å². The zero-order valence-corrected chi connectivity index (χ0v) is 15.5. The van der Waals surface area contributed by atoms with Gasteiger partial charge in [-0.1, -0.05) is 54.6 Å². The number of hydrogen-bond acceptors (Lipinski definition) is 4. The lowest BCUT2D eigenvalue weighted by Crippen LogP contribution is -2.18. The Morgan fingerprint density at radius 2 is 1.48 bits per heavy atom. The molecule has 27 heavy (non-hydrogen) atoms. The third-order valence-corrected chi connectivity index (χ3v) is 4.83. The van der Waals surface area contributed by atoms with Crippen molar-refractivity contribution in [1.29, 1.82) is 0 Å². The Labute approximate surface area is 159 Å². The zero-order chi connectivity index (χ0) is 18.6. The standard InChI is InChI=1S/C23H22N2O2/c1-26-22-14-13-18(15-23(22)27-2)21-16-20(17-9-5-3-6-10-17)24-25(21)19-11-7-4-8-12-19/h3-15,21H,16H2,1-2H3/t21-/m1/s1. The molecular weight excluding hydrogens is 336 g/mol. The molecule has 0 saturated heterocycles. The number of anilines is 1. The van der Waals surface area contributed by atoms with Crippen LogP contribution < -0.4 is 14.5 Å². The highest BCUT2D eigenvalue weighted by atomic mass is 16.5. The average Bonchev–Trinajstić information content (AvgIpc) is 3.20. The number of rotatable bonds is 5. The predicted molar refractivity (Wildman–Crippen MR) is 109 cm³/mol. The summed E-state index contributed by atoms with van der Waals surface area (Å²) in [5.41, 5.74) is 4.45.